The predicted octanol–water partition coefficient (Wildman–Crippen LogP) is 1.34. The maximum absolute atomic E-state index is 12.5. The molecule has 2 N–H and O–H groups in total. The molecule has 1 saturated heterocycles. The Hall–Kier alpha value is -1.47. The van der Waals surface area contributed by atoms with Gasteiger partial charge in [0.1, 0.15) is 11.6 Å². The Labute approximate surface area is 155 Å². The van der Waals surface area contributed by atoms with Crippen molar-refractivity contribution in [3.63, 3.8) is 0 Å². The van der Waals surface area contributed by atoms with Crippen LogP contribution in [0.5, 0.6) is 0 Å². The second-order valence-corrected chi connectivity index (χ2v) is 8.23. The third-order valence-corrected chi connectivity index (χ3v) is 6.43. The van der Waals surface area contributed by atoms with Gasteiger partial charge in [-0.3, -0.25) is 9.69 Å². The number of rotatable bonds is 5. The molecule has 0 spiro atoms. The van der Waals surface area contributed by atoms with Gasteiger partial charge in [0.15, 0.2) is 0 Å². The van der Waals surface area contributed by atoms with Gasteiger partial charge < -0.3 is 15.2 Å². The Bertz CT molecular complexity index is 634. The first kappa shape index (κ1) is 17.9. The van der Waals surface area contributed by atoms with Crippen molar-refractivity contribution in [2.75, 3.05) is 26.2 Å². The van der Waals surface area contributed by atoms with Crippen LogP contribution in [-0.2, 0) is 17.9 Å². The van der Waals surface area contributed by atoms with Gasteiger partial charge in [-0.2, -0.15) is 0 Å². The number of carbonyl (C=O) groups excluding carboxylic acids is 1. The van der Waals surface area contributed by atoms with E-state index in [1.54, 1.807) is 0 Å². The van der Waals surface area contributed by atoms with E-state index in [9.17, 15) is 4.79 Å². The number of nitrogens with zero attached hydrogens (tertiary/aromatic N) is 5. The number of amides is 1. The highest BCUT2D eigenvalue weighted by atomic mass is 16.2. The van der Waals surface area contributed by atoms with Gasteiger partial charge >= 0.3 is 0 Å². The molecule has 1 aromatic heterocycles. The van der Waals surface area contributed by atoms with Crippen LogP contribution in [0, 0.1) is 5.92 Å². The minimum atomic E-state index is 0.307. The van der Waals surface area contributed by atoms with Crippen LogP contribution in [0.4, 0.5) is 0 Å². The first-order valence-corrected chi connectivity index (χ1v) is 10.3. The Kier molecular flexibility index (Phi) is 5.27. The SMILES string of the molecule is CCn1c(CN2CCCN(C(=O)C3CCC3)CC2)nnc1C1CC(N)C1. The van der Waals surface area contributed by atoms with Gasteiger partial charge in [-0.1, -0.05) is 6.42 Å². The first-order chi connectivity index (χ1) is 12.7. The largest absolute Gasteiger partial charge is 0.341 e. The van der Waals surface area contributed by atoms with E-state index >= 15 is 0 Å². The van der Waals surface area contributed by atoms with E-state index in [1.165, 1.54) is 6.42 Å². The topological polar surface area (TPSA) is 80.3 Å². The molecule has 2 saturated carbocycles. The monoisotopic (exact) mass is 360 g/mol. The van der Waals surface area contributed by atoms with Crippen LogP contribution in [0.2, 0.25) is 0 Å². The number of hydrogen-bond acceptors (Lipinski definition) is 5. The van der Waals surface area contributed by atoms with Gasteiger partial charge in [-0.25, -0.2) is 0 Å². The zero-order chi connectivity index (χ0) is 18.1. The van der Waals surface area contributed by atoms with E-state index in [2.05, 4.69) is 31.5 Å². The maximum atomic E-state index is 12.5. The minimum Gasteiger partial charge on any atom is -0.341 e. The standard InChI is InChI=1S/C19H32N6O/c1-2-25-17(21-22-18(25)15-11-16(20)12-15)13-23-7-4-8-24(10-9-23)19(26)14-5-3-6-14/h14-16H,2-13,20H2,1H3. The van der Waals surface area contributed by atoms with Gasteiger partial charge in [0.2, 0.25) is 5.91 Å². The highest BCUT2D eigenvalue weighted by Crippen LogP contribution is 2.35. The molecule has 4 rings (SSSR count). The molecule has 0 atom stereocenters. The molecular weight excluding hydrogens is 328 g/mol. The molecule has 0 unspecified atom stereocenters. The van der Waals surface area contributed by atoms with Gasteiger partial charge in [-0.05, 0) is 39.0 Å². The van der Waals surface area contributed by atoms with Crippen molar-refractivity contribution in [3.8, 4) is 0 Å². The van der Waals surface area contributed by atoms with Crippen molar-refractivity contribution in [2.24, 2.45) is 11.7 Å². The lowest BCUT2D eigenvalue weighted by Gasteiger charge is -2.32. The fourth-order valence-electron chi connectivity index (χ4n) is 4.45. The van der Waals surface area contributed by atoms with Gasteiger partial charge in [0.25, 0.3) is 0 Å². The van der Waals surface area contributed by atoms with Gasteiger partial charge in [0, 0.05) is 50.6 Å². The summed E-state index contributed by atoms with van der Waals surface area (Å²) < 4.78 is 2.28. The number of aromatic nitrogens is 3. The Balaban J connectivity index is 1.36. The summed E-state index contributed by atoms with van der Waals surface area (Å²) in [6.07, 6.45) is 6.50. The lowest BCUT2D eigenvalue weighted by atomic mass is 9.80. The lowest BCUT2D eigenvalue weighted by molar-refractivity contribution is -0.138. The highest BCUT2D eigenvalue weighted by Gasteiger charge is 2.33. The number of nitrogens with two attached hydrogens (primary N) is 1. The zero-order valence-electron chi connectivity index (χ0n) is 15.9. The molecule has 2 heterocycles. The molecule has 3 fully saturated rings. The quantitative estimate of drug-likeness (QED) is 0.857. The summed E-state index contributed by atoms with van der Waals surface area (Å²) in [6.45, 7) is 7.59. The van der Waals surface area contributed by atoms with Crippen LogP contribution >= 0.6 is 0 Å². The Morgan fingerprint density at radius 3 is 2.58 bits per heavy atom. The minimum absolute atomic E-state index is 0.307. The van der Waals surface area contributed by atoms with Crippen molar-refractivity contribution in [3.05, 3.63) is 11.6 Å². The van der Waals surface area contributed by atoms with Crippen LogP contribution in [-0.4, -0.2) is 62.7 Å². The smallest absolute Gasteiger partial charge is 0.225 e. The molecule has 0 aromatic carbocycles. The maximum Gasteiger partial charge on any atom is 0.225 e. The molecular formula is C19H32N6O. The summed E-state index contributed by atoms with van der Waals surface area (Å²) in [6, 6.07) is 0.329. The third-order valence-electron chi connectivity index (χ3n) is 6.43. The summed E-state index contributed by atoms with van der Waals surface area (Å²) in [5.41, 5.74) is 5.95. The lowest BCUT2D eigenvalue weighted by Crippen LogP contribution is -2.41. The summed E-state index contributed by atoms with van der Waals surface area (Å²) in [7, 11) is 0. The fraction of sp³-hybridized carbons (Fsp3) is 0.842. The molecule has 1 aromatic rings. The van der Waals surface area contributed by atoms with Crippen LogP contribution < -0.4 is 5.73 Å². The van der Waals surface area contributed by atoms with Crippen molar-refractivity contribution in [2.45, 2.75) is 70.5 Å². The zero-order valence-corrected chi connectivity index (χ0v) is 15.9. The third kappa shape index (κ3) is 3.51. The van der Waals surface area contributed by atoms with E-state index in [1.807, 2.05) is 0 Å². The predicted molar refractivity (Wildman–Crippen MR) is 99.5 cm³/mol. The highest BCUT2D eigenvalue weighted by molar-refractivity contribution is 5.79. The Morgan fingerprint density at radius 2 is 1.92 bits per heavy atom. The van der Waals surface area contributed by atoms with E-state index in [0.717, 1.165) is 83.0 Å². The van der Waals surface area contributed by atoms with Crippen LogP contribution in [0.15, 0.2) is 0 Å². The Morgan fingerprint density at radius 1 is 1.12 bits per heavy atom. The molecule has 26 heavy (non-hydrogen) atoms. The summed E-state index contributed by atoms with van der Waals surface area (Å²) in [5.74, 6) is 3.34. The molecule has 3 aliphatic rings. The fourth-order valence-corrected chi connectivity index (χ4v) is 4.45. The molecule has 7 nitrogen and oxygen atoms in total. The average Bonchev–Trinajstić information content (AvgIpc) is 2.78. The van der Waals surface area contributed by atoms with Crippen molar-refractivity contribution in [1.82, 2.24) is 24.6 Å². The molecule has 0 bridgehead atoms. The molecule has 7 heteroatoms. The average molecular weight is 361 g/mol. The molecule has 144 valence electrons. The van der Waals surface area contributed by atoms with E-state index < -0.39 is 0 Å². The van der Waals surface area contributed by atoms with Crippen molar-refractivity contribution >= 4 is 5.91 Å². The van der Waals surface area contributed by atoms with Gasteiger partial charge in [0.05, 0.1) is 6.54 Å². The van der Waals surface area contributed by atoms with Crippen molar-refractivity contribution in [1.29, 1.82) is 0 Å². The normalized spacial score (nSPS) is 27.7. The number of carbonyl (C=O) groups is 1. The molecule has 0 radical (unpaired) electrons. The summed E-state index contributed by atoms with van der Waals surface area (Å²) in [5, 5.41) is 8.98. The van der Waals surface area contributed by atoms with E-state index in [-0.39, 0.29) is 0 Å². The summed E-state index contributed by atoms with van der Waals surface area (Å²) in [4.78, 5) is 17.0. The molecule has 2 aliphatic carbocycles. The first-order valence-electron chi connectivity index (χ1n) is 10.3. The second kappa shape index (κ2) is 7.64. The van der Waals surface area contributed by atoms with E-state index in [0.29, 0.717) is 23.8 Å². The second-order valence-electron chi connectivity index (χ2n) is 8.23. The number of hydrogen-bond donors (Lipinski definition) is 1. The summed E-state index contributed by atoms with van der Waals surface area (Å²) >= 11 is 0. The van der Waals surface area contributed by atoms with E-state index in [4.69, 9.17) is 5.73 Å². The van der Waals surface area contributed by atoms with Crippen LogP contribution in [0.1, 0.15) is 63.0 Å². The molecule has 1 aliphatic heterocycles. The van der Waals surface area contributed by atoms with Gasteiger partial charge in [-0.15, -0.1) is 10.2 Å². The van der Waals surface area contributed by atoms with Crippen molar-refractivity contribution < 1.29 is 4.79 Å². The van der Waals surface area contributed by atoms with Crippen LogP contribution in [0.25, 0.3) is 0 Å². The molecule has 1 amide bonds. The van der Waals surface area contributed by atoms with Crippen LogP contribution in [0.3, 0.4) is 0 Å².